The van der Waals surface area contributed by atoms with E-state index in [4.69, 9.17) is 16.3 Å². The number of ether oxygens (including phenoxy) is 1. The minimum absolute atomic E-state index is 0.0304. The SMILES string of the molecule is COc1ccc(/C=C/C(=O)Nc2ccc(C)c(Cl)c2)cc1S(=O)(=O)N(C)C. The Kier molecular flexibility index (Phi) is 6.64. The highest BCUT2D eigenvalue weighted by Gasteiger charge is 2.22. The summed E-state index contributed by atoms with van der Waals surface area (Å²) in [6.07, 6.45) is 2.85. The van der Waals surface area contributed by atoms with E-state index in [0.29, 0.717) is 16.3 Å². The van der Waals surface area contributed by atoms with Crippen LogP contribution in [0.5, 0.6) is 5.75 Å². The third-order valence-corrected chi connectivity index (χ3v) is 6.06. The summed E-state index contributed by atoms with van der Waals surface area (Å²) in [5.41, 5.74) is 2.04. The number of benzene rings is 2. The maximum atomic E-state index is 12.4. The Morgan fingerprint density at radius 2 is 1.89 bits per heavy atom. The highest BCUT2D eigenvalue weighted by Crippen LogP contribution is 2.27. The first kappa shape index (κ1) is 21.0. The molecule has 0 atom stereocenters. The van der Waals surface area contributed by atoms with Crippen LogP contribution in [0, 0.1) is 6.92 Å². The third kappa shape index (κ3) is 5.09. The summed E-state index contributed by atoms with van der Waals surface area (Å²) in [7, 11) is 0.607. The zero-order valence-corrected chi connectivity index (χ0v) is 17.1. The van der Waals surface area contributed by atoms with Crippen molar-refractivity contribution in [1.29, 1.82) is 0 Å². The van der Waals surface area contributed by atoms with E-state index in [2.05, 4.69) is 5.32 Å². The van der Waals surface area contributed by atoms with E-state index in [0.717, 1.165) is 9.87 Å². The molecule has 0 aliphatic rings. The smallest absolute Gasteiger partial charge is 0.248 e. The van der Waals surface area contributed by atoms with Crippen molar-refractivity contribution in [2.45, 2.75) is 11.8 Å². The third-order valence-electron chi connectivity index (χ3n) is 3.81. The zero-order chi connectivity index (χ0) is 20.2. The van der Waals surface area contributed by atoms with Crippen LogP contribution in [0.3, 0.4) is 0 Å². The van der Waals surface area contributed by atoms with Crippen LogP contribution < -0.4 is 10.1 Å². The maximum Gasteiger partial charge on any atom is 0.248 e. The standard InChI is InChI=1S/C19H21ClN2O4S/c1-13-5-8-15(12-16(13)20)21-19(23)10-7-14-6-9-17(26-4)18(11-14)27(24,25)22(2)3/h5-12H,1-4H3,(H,21,23)/b10-7+. The van der Waals surface area contributed by atoms with E-state index in [1.807, 2.05) is 13.0 Å². The Labute approximate surface area is 164 Å². The number of nitrogens with one attached hydrogen (secondary N) is 1. The predicted octanol–water partition coefficient (Wildman–Crippen LogP) is 3.56. The van der Waals surface area contributed by atoms with Crippen LogP contribution in [-0.2, 0) is 14.8 Å². The first-order valence-electron chi connectivity index (χ1n) is 8.01. The van der Waals surface area contributed by atoms with Crippen molar-refractivity contribution < 1.29 is 17.9 Å². The lowest BCUT2D eigenvalue weighted by atomic mass is 10.2. The van der Waals surface area contributed by atoms with Gasteiger partial charge >= 0.3 is 0 Å². The van der Waals surface area contributed by atoms with Crippen molar-refractivity contribution in [3.63, 3.8) is 0 Å². The van der Waals surface area contributed by atoms with E-state index in [1.165, 1.54) is 39.4 Å². The number of rotatable bonds is 6. The Balaban J connectivity index is 2.23. The number of halogens is 1. The van der Waals surface area contributed by atoms with Crippen LogP contribution in [0.2, 0.25) is 5.02 Å². The van der Waals surface area contributed by atoms with Crippen molar-refractivity contribution in [1.82, 2.24) is 4.31 Å². The van der Waals surface area contributed by atoms with Gasteiger partial charge in [0.05, 0.1) is 7.11 Å². The number of hydrogen-bond acceptors (Lipinski definition) is 4. The highest BCUT2D eigenvalue weighted by atomic mass is 35.5. The second-order valence-corrected chi connectivity index (χ2v) is 8.51. The molecular formula is C19H21ClN2O4S. The number of aryl methyl sites for hydroxylation is 1. The molecule has 2 aromatic carbocycles. The molecule has 0 saturated carbocycles. The van der Waals surface area contributed by atoms with E-state index in [1.54, 1.807) is 24.3 Å². The predicted molar refractivity (Wildman–Crippen MR) is 108 cm³/mol. The summed E-state index contributed by atoms with van der Waals surface area (Å²) in [6.45, 7) is 1.87. The number of anilines is 1. The second-order valence-electron chi connectivity index (χ2n) is 5.98. The average Bonchev–Trinajstić information content (AvgIpc) is 2.62. The van der Waals surface area contributed by atoms with Gasteiger partial charge in [0.2, 0.25) is 15.9 Å². The lowest BCUT2D eigenvalue weighted by Gasteiger charge is -2.15. The number of carbonyl (C=O) groups is 1. The summed E-state index contributed by atoms with van der Waals surface area (Å²) in [6, 6.07) is 9.90. The van der Waals surface area contributed by atoms with Crippen molar-refractivity contribution in [2.24, 2.45) is 0 Å². The molecule has 0 bridgehead atoms. The van der Waals surface area contributed by atoms with Gasteiger partial charge in [0.15, 0.2) is 0 Å². The van der Waals surface area contributed by atoms with Gasteiger partial charge < -0.3 is 10.1 Å². The highest BCUT2D eigenvalue weighted by molar-refractivity contribution is 7.89. The number of sulfonamides is 1. The Morgan fingerprint density at radius 3 is 2.48 bits per heavy atom. The fourth-order valence-electron chi connectivity index (χ4n) is 2.22. The topological polar surface area (TPSA) is 75.7 Å². The first-order valence-corrected chi connectivity index (χ1v) is 9.82. The quantitative estimate of drug-likeness (QED) is 0.741. The van der Waals surface area contributed by atoms with Gasteiger partial charge in [-0.2, -0.15) is 0 Å². The van der Waals surface area contributed by atoms with Gasteiger partial charge in [-0.15, -0.1) is 0 Å². The van der Waals surface area contributed by atoms with Gasteiger partial charge in [-0.25, -0.2) is 12.7 Å². The minimum atomic E-state index is -3.68. The molecular weight excluding hydrogens is 388 g/mol. The zero-order valence-electron chi connectivity index (χ0n) is 15.5. The molecule has 0 aromatic heterocycles. The van der Waals surface area contributed by atoms with Crippen LogP contribution in [0.1, 0.15) is 11.1 Å². The molecule has 0 fully saturated rings. The van der Waals surface area contributed by atoms with Crippen LogP contribution in [0.25, 0.3) is 6.08 Å². The molecule has 0 heterocycles. The van der Waals surface area contributed by atoms with Crippen LogP contribution >= 0.6 is 11.6 Å². The fourth-order valence-corrected chi connectivity index (χ4v) is 3.49. The molecule has 8 heteroatoms. The average molecular weight is 409 g/mol. The van der Waals surface area contributed by atoms with Gasteiger partial charge in [-0.05, 0) is 48.4 Å². The number of carbonyl (C=O) groups excluding carboxylic acids is 1. The molecule has 0 unspecified atom stereocenters. The second kappa shape index (κ2) is 8.56. The molecule has 2 rings (SSSR count). The Hall–Kier alpha value is -2.35. The summed E-state index contributed by atoms with van der Waals surface area (Å²) in [5.74, 6) is -0.123. The molecule has 0 radical (unpaired) electrons. The lowest BCUT2D eigenvalue weighted by molar-refractivity contribution is -0.111. The summed E-state index contributed by atoms with van der Waals surface area (Å²) >= 11 is 6.04. The van der Waals surface area contributed by atoms with E-state index in [9.17, 15) is 13.2 Å². The summed E-state index contributed by atoms with van der Waals surface area (Å²) in [4.78, 5) is 12.1. The van der Waals surface area contributed by atoms with Gasteiger partial charge in [-0.3, -0.25) is 4.79 Å². The lowest BCUT2D eigenvalue weighted by Crippen LogP contribution is -2.22. The van der Waals surface area contributed by atoms with Crippen LogP contribution in [-0.4, -0.2) is 39.8 Å². The monoisotopic (exact) mass is 408 g/mol. The molecule has 0 spiro atoms. The molecule has 1 amide bonds. The molecule has 6 nitrogen and oxygen atoms in total. The Morgan fingerprint density at radius 1 is 1.19 bits per heavy atom. The van der Waals surface area contributed by atoms with Gasteiger partial charge in [0.1, 0.15) is 10.6 Å². The fraction of sp³-hybridized carbons (Fsp3) is 0.211. The first-order chi connectivity index (χ1) is 12.6. The number of nitrogens with zero attached hydrogens (tertiary/aromatic N) is 1. The van der Waals surface area contributed by atoms with Gasteiger partial charge in [0, 0.05) is 30.9 Å². The molecule has 2 aromatic rings. The largest absolute Gasteiger partial charge is 0.495 e. The van der Waals surface area contributed by atoms with Crippen molar-refractivity contribution >= 4 is 39.3 Å². The van der Waals surface area contributed by atoms with Crippen molar-refractivity contribution in [3.8, 4) is 5.75 Å². The van der Waals surface area contributed by atoms with E-state index >= 15 is 0 Å². The maximum absolute atomic E-state index is 12.4. The summed E-state index contributed by atoms with van der Waals surface area (Å²) < 4.78 is 31.1. The normalized spacial score (nSPS) is 11.8. The van der Waals surface area contributed by atoms with Gasteiger partial charge in [-0.1, -0.05) is 23.7 Å². The molecule has 0 saturated heterocycles. The molecule has 0 aliphatic heterocycles. The molecule has 0 aliphatic carbocycles. The number of hydrogen-bond donors (Lipinski definition) is 1. The number of amides is 1. The minimum Gasteiger partial charge on any atom is -0.495 e. The molecule has 144 valence electrons. The Bertz CT molecular complexity index is 985. The van der Waals surface area contributed by atoms with E-state index in [-0.39, 0.29) is 16.6 Å². The van der Waals surface area contributed by atoms with Crippen LogP contribution in [0.15, 0.2) is 47.4 Å². The van der Waals surface area contributed by atoms with Crippen molar-refractivity contribution in [3.05, 3.63) is 58.6 Å². The molecule has 27 heavy (non-hydrogen) atoms. The van der Waals surface area contributed by atoms with Crippen LogP contribution in [0.4, 0.5) is 5.69 Å². The number of methoxy groups -OCH3 is 1. The van der Waals surface area contributed by atoms with E-state index < -0.39 is 10.0 Å². The van der Waals surface area contributed by atoms with Gasteiger partial charge in [0.25, 0.3) is 0 Å². The summed E-state index contributed by atoms with van der Waals surface area (Å²) in [5, 5.41) is 3.27. The molecule has 1 N–H and O–H groups in total. The van der Waals surface area contributed by atoms with Crippen molar-refractivity contribution in [2.75, 3.05) is 26.5 Å².